The molecule has 0 bridgehead atoms. The van der Waals surface area contributed by atoms with Crippen LogP contribution >= 0.6 is 0 Å². The van der Waals surface area contributed by atoms with Gasteiger partial charge in [-0.05, 0) is 24.6 Å². The smallest absolute Gasteiger partial charge is 0.115 e. The molecule has 1 rings (SSSR count). The minimum absolute atomic E-state index is 0.370. The van der Waals surface area contributed by atoms with E-state index in [1.54, 1.807) is 17.7 Å². The molecule has 48 valence electrons. The van der Waals surface area contributed by atoms with Crippen molar-refractivity contribution in [1.29, 1.82) is 0 Å². The van der Waals surface area contributed by atoms with Crippen molar-refractivity contribution in [3.05, 3.63) is 29.1 Å². The molecule has 1 N–H and O–H groups in total. The van der Waals surface area contributed by atoms with Crippen molar-refractivity contribution in [3.8, 4) is 0 Å². The lowest BCUT2D eigenvalue weighted by Gasteiger charge is -2.06. The lowest BCUT2D eigenvalue weighted by Crippen LogP contribution is -1.88. The van der Waals surface area contributed by atoms with Crippen LogP contribution in [-0.2, 0) is 0 Å². The molecule has 0 atom stereocenters. The first-order chi connectivity index (χ1) is 4.33. The van der Waals surface area contributed by atoms with Crippen molar-refractivity contribution in [2.24, 2.45) is 0 Å². The van der Waals surface area contributed by atoms with E-state index in [-0.39, 0.29) is 0 Å². The molecule has 0 saturated heterocycles. The highest BCUT2D eigenvalue weighted by Gasteiger charge is 1.84. The Morgan fingerprint density at radius 2 is 2.44 bits per heavy atom. The Labute approximate surface area is 53.3 Å². The van der Waals surface area contributed by atoms with Gasteiger partial charge in [-0.1, -0.05) is 0 Å². The fourth-order valence-electron chi connectivity index (χ4n) is 0.592. The number of pyridine rings is 1. The summed E-state index contributed by atoms with van der Waals surface area (Å²) in [6, 6.07) is 3.52. The summed E-state index contributed by atoms with van der Waals surface area (Å²) in [4.78, 5) is 3.73. The number of anilines is 1. The van der Waals surface area contributed by atoms with Crippen LogP contribution in [0.4, 0.5) is 5.82 Å². The van der Waals surface area contributed by atoms with Crippen molar-refractivity contribution >= 4 is 5.82 Å². The van der Waals surface area contributed by atoms with Gasteiger partial charge in [0, 0.05) is 6.20 Å². The number of rotatable bonds is 1. The van der Waals surface area contributed by atoms with E-state index in [0.29, 0.717) is 5.82 Å². The zero-order valence-corrected chi connectivity index (χ0v) is 5.09. The highest BCUT2D eigenvalue weighted by atomic mass is 16.5. The molecule has 3 nitrogen and oxygen atoms in total. The van der Waals surface area contributed by atoms with E-state index >= 15 is 0 Å². The van der Waals surface area contributed by atoms with Crippen LogP contribution in [0, 0.1) is 12.1 Å². The van der Waals surface area contributed by atoms with Crippen LogP contribution in [0.3, 0.4) is 0 Å². The Kier molecular flexibility index (Phi) is 1.65. The summed E-state index contributed by atoms with van der Waals surface area (Å²) in [5, 5.41) is 9.97. The number of nitrogens with zero attached hydrogens (tertiary/aromatic N) is 1. The summed E-state index contributed by atoms with van der Waals surface area (Å²) in [5.41, 5.74) is 2.74. The Morgan fingerprint density at radius 1 is 1.67 bits per heavy atom. The SMILES string of the molecule is Cc1ccnc(N[O-])c1. The summed E-state index contributed by atoms with van der Waals surface area (Å²) in [7, 11) is 0. The molecule has 0 aromatic carbocycles. The van der Waals surface area contributed by atoms with Crippen molar-refractivity contribution in [2.45, 2.75) is 6.92 Å². The normalized spacial score (nSPS) is 9.11. The third kappa shape index (κ3) is 1.40. The Bertz CT molecular complexity index is 200. The zero-order chi connectivity index (χ0) is 6.69. The van der Waals surface area contributed by atoms with Crippen LogP contribution in [0.1, 0.15) is 5.56 Å². The minimum Gasteiger partial charge on any atom is -0.760 e. The topological polar surface area (TPSA) is 48.0 Å². The fourth-order valence-corrected chi connectivity index (χ4v) is 0.592. The Balaban J connectivity index is 2.94. The van der Waals surface area contributed by atoms with Gasteiger partial charge in [-0.2, -0.15) is 0 Å². The Hall–Kier alpha value is -1.09. The molecule has 1 heterocycles. The highest BCUT2D eigenvalue weighted by Crippen LogP contribution is 2.02. The Morgan fingerprint density at radius 3 is 2.89 bits per heavy atom. The number of hydrogen-bond acceptors (Lipinski definition) is 3. The van der Waals surface area contributed by atoms with Gasteiger partial charge in [0.15, 0.2) is 0 Å². The van der Waals surface area contributed by atoms with Gasteiger partial charge in [0.25, 0.3) is 0 Å². The molecule has 0 aliphatic heterocycles. The zero-order valence-electron chi connectivity index (χ0n) is 5.09. The van der Waals surface area contributed by atoms with E-state index in [2.05, 4.69) is 4.98 Å². The van der Waals surface area contributed by atoms with Gasteiger partial charge < -0.3 is 10.7 Å². The van der Waals surface area contributed by atoms with Crippen LogP contribution in [0.25, 0.3) is 0 Å². The second-order valence-electron chi connectivity index (χ2n) is 1.82. The number of hydrogen-bond donors (Lipinski definition) is 1. The first-order valence-corrected chi connectivity index (χ1v) is 2.64. The van der Waals surface area contributed by atoms with E-state index < -0.39 is 0 Å². The summed E-state index contributed by atoms with van der Waals surface area (Å²) in [6.45, 7) is 1.91. The largest absolute Gasteiger partial charge is 0.760 e. The molecular weight excluding hydrogens is 116 g/mol. The average molecular weight is 123 g/mol. The van der Waals surface area contributed by atoms with Crippen molar-refractivity contribution < 1.29 is 0 Å². The van der Waals surface area contributed by atoms with Crippen LogP contribution < -0.4 is 5.48 Å². The third-order valence-electron chi connectivity index (χ3n) is 1.02. The molecule has 0 radical (unpaired) electrons. The monoisotopic (exact) mass is 123 g/mol. The predicted octanol–water partition coefficient (Wildman–Crippen LogP) is 1.30. The first-order valence-electron chi connectivity index (χ1n) is 2.64. The first kappa shape index (κ1) is 6.04. The van der Waals surface area contributed by atoms with Crippen LogP contribution in [0.2, 0.25) is 0 Å². The van der Waals surface area contributed by atoms with E-state index in [9.17, 15) is 5.21 Å². The highest BCUT2D eigenvalue weighted by molar-refractivity contribution is 5.37. The molecule has 0 aliphatic carbocycles. The second kappa shape index (κ2) is 2.46. The van der Waals surface area contributed by atoms with Gasteiger partial charge >= 0.3 is 0 Å². The van der Waals surface area contributed by atoms with E-state index in [1.165, 1.54) is 0 Å². The van der Waals surface area contributed by atoms with Gasteiger partial charge in [0.1, 0.15) is 5.82 Å². The standard InChI is InChI=1S/C6H7N2O/c1-5-2-3-7-6(4-5)8-9/h2-4H,1H3,(H-,7,8,9)/q-1. The number of nitrogens with one attached hydrogen (secondary N) is 1. The predicted molar refractivity (Wildman–Crippen MR) is 36.0 cm³/mol. The molecular formula is C6H7N2O-. The fraction of sp³-hybridized carbons (Fsp3) is 0.167. The lowest BCUT2D eigenvalue weighted by atomic mass is 10.3. The van der Waals surface area contributed by atoms with Gasteiger partial charge in [0.2, 0.25) is 0 Å². The molecule has 0 saturated carbocycles. The molecule has 0 aliphatic rings. The molecule has 3 heteroatoms. The van der Waals surface area contributed by atoms with E-state index in [0.717, 1.165) is 5.56 Å². The maximum atomic E-state index is 9.97. The molecule has 0 spiro atoms. The van der Waals surface area contributed by atoms with Crippen molar-refractivity contribution in [3.63, 3.8) is 0 Å². The van der Waals surface area contributed by atoms with E-state index in [1.807, 2.05) is 13.0 Å². The third-order valence-corrected chi connectivity index (χ3v) is 1.02. The molecule has 0 amide bonds. The molecule has 9 heavy (non-hydrogen) atoms. The molecule has 0 fully saturated rings. The molecule has 1 aromatic heterocycles. The van der Waals surface area contributed by atoms with Gasteiger partial charge in [-0.3, -0.25) is 0 Å². The average Bonchev–Trinajstić information content (AvgIpc) is 1.88. The minimum atomic E-state index is 0.370. The second-order valence-corrected chi connectivity index (χ2v) is 1.82. The summed E-state index contributed by atoms with van der Waals surface area (Å²) in [6.07, 6.45) is 1.59. The number of aromatic nitrogens is 1. The summed E-state index contributed by atoms with van der Waals surface area (Å²) < 4.78 is 0. The quantitative estimate of drug-likeness (QED) is 0.572. The summed E-state index contributed by atoms with van der Waals surface area (Å²) >= 11 is 0. The summed E-state index contributed by atoms with van der Waals surface area (Å²) in [5.74, 6) is 0.370. The van der Waals surface area contributed by atoms with Gasteiger partial charge in [0.05, 0.1) is 0 Å². The van der Waals surface area contributed by atoms with Crippen LogP contribution in [0.5, 0.6) is 0 Å². The van der Waals surface area contributed by atoms with Crippen molar-refractivity contribution in [1.82, 2.24) is 4.98 Å². The maximum absolute atomic E-state index is 9.97. The lowest BCUT2D eigenvalue weighted by molar-refractivity contribution is 1.28. The van der Waals surface area contributed by atoms with Crippen LogP contribution in [0.15, 0.2) is 18.3 Å². The van der Waals surface area contributed by atoms with Crippen molar-refractivity contribution in [2.75, 3.05) is 5.48 Å². The van der Waals surface area contributed by atoms with Crippen LogP contribution in [-0.4, -0.2) is 4.98 Å². The maximum Gasteiger partial charge on any atom is 0.115 e. The molecule has 0 unspecified atom stereocenters. The van der Waals surface area contributed by atoms with Gasteiger partial charge in [-0.25, -0.2) is 4.98 Å². The number of aryl methyl sites for hydroxylation is 1. The van der Waals surface area contributed by atoms with E-state index in [4.69, 9.17) is 0 Å². The molecule has 1 aromatic rings. The van der Waals surface area contributed by atoms with Gasteiger partial charge in [-0.15, -0.1) is 0 Å².